The minimum Gasteiger partial charge on any atom is -0.390 e. The topological polar surface area (TPSA) is 68.0 Å². The van der Waals surface area contributed by atoms with Crippen LogP contribution in [0.15, 0.2) is 30.5 Å². The van der Waals surface area contributed by atoms with Gasteiger partial charge in [0.15, 0.2) is 5.78 Å². The largest absolute Gasteiger partial charge is 0.390 e. The number of benzene rings is 1. The summed E-state index contributed by atoms with van der Waals surface area (Å²) in [5, 5.41) is 18.2. The molecule has 0 aliphatic rings. The second-order valence-corrected chi connectivity index (χ2v) is 5.29. The molecule has 1 N–H and O–H groups in total. The van der Waals surface area contributed by atoms with Crippen molar-refractivity contribution in [3.63, 3.8) is 0 Å². The molecule has 0 unspecified atom stereocenters. The minimum atomic E-state index is -0.776. The van der Waals surface area contributed by atoms with E-state index in [9.17, 15) is 9.90 Å². The summed E-state index contributed by atoms with van der Waals surface area (Å²) in [5.74, 6) is 0.0149. The van der Waals surface area contributed by atoms with Crippen LogP contribution in [0.1, 0.15) is 43.2 Å². The van der Waals surface area contributed by atoms with Crippen molar-refractivity contribution in [1.29, 1.82) is 0 Å². The Morgan fingerprint density at radius 3 is 2.85 bits per heavy atom. The fourth-order valence-electron chi connectivity index (χ4n) is 1.89. The molecule has 1 atom stereocenters. The van der Waals surface area contributed by atoms with Crippen molar-refractivity contribution in [2.75, 3.05) is 0 Å². The summed E-state index contributed by atoms with van der Waals surface area (Å²) in [6.45, 7) is 5.24. The summed E-state index contributed by atoms with van der Waals surface area (Å²) in [6.07, 6.45) is 2.89. The zero-order chi connectivity index (χ0) is 14.8. The highest BCUT2D eigenvalue weighted by Gasteiger charge is 2.20. The Hall–Kier alpha value is -2.01. The average Bonchev–Trinajstić information content (AvgIpc) is 2.86. The first-order valence-corrected chi connectivity index (χ1v) is 6.66. The van der Waals surface area contributed by atoms with Crippen LogP contribution >= 0.6 is 0 Å². The van der Waals surface area contributed by atoms with Crippen molar-refractivity contribution >= 4 is 5.78 Å². The van der Waals surface area contributed by atoms with Crippen LogP contribution in [0, 0.1) is 0 Å². The Morgan fingerprint density at radius 1 is 1.45 bits per heavy atom. The predicted octanol–water partition coefficient (Wildman–Crippen LogP) is 2.17. The molecule has 0 radical (unpaired) electrons. The lowest BCUT2D eigenvalue weighted by molar-refractivity contribution is 0.0554. The zero-order valence-electron chi connectivity index (χ0n) is 12.0. The van der Waals surface area contributed by atoms with E-state index in [1.807, 2.05) is 19.1 Å². The first-order valence-electron chi connectivity index (χ1n) is 6.66. The van der Waals surface area contributed by atoms with Crippen molar-refractivity contribution in [2.45, 2.75) is 39.2 Å². The van der Waals surface area contributed by atoms with Gasteiger partial charge in [0, 0.05) is 12.0 Å². The average molecular weight is 273 g/mol. The number of hydrogen-bond acceptors (Lipinski definition) is 4. The van der Waals surface area contributed by atoms with Gasteiger partial charge in [-0.3, -0.25) is 4.79 Å². The van der Waals surface area contributed by atoms with E-state index in [1.54, 1.807) is 29.9 Å². The number of carbonyl (C=O) groups excluding carboxylic acids is 1. The van der Waals surface area contributed by atoms with E-state index in [4.69, 9.17) is 0 Å². The van der Waals surface area contributed by atoms with Crippen molar-refractivity contribution in [3.8, 4) is 5.69 Å². The van der Waals surface area contributed by atoms with E-state index < -0.39 is 5.60 Å². The number of ketones is 1. The summed E-state index contributed by atoms with van der Waals surface area (Å²) >= 11 is 0. The molecule has 106 valence electrons. The molecule has 5 heteroatoms. The molecule has 1 aromatic heterocycles. The van der Waals surface area contributed by atoms with Gasteiger partial charge < -0.3 is 5.11 Å². The molecule has 1 aromatic carbocycles. The van der Waals surface area contributed by atoms with Gasteiger partial charge in [-0.15, -0.1) is 5.10 Å². The third-order valence-electron chi connectivity index (χ3n) is 3.38. The van der Waals surface area contributed by atoms with Crippen LogP contribution in [0.2, 0.25) is 0 Å². The molecule has 1 heterocycles. The van der Waals surface area contributed by atoms with E-state index in [0.29, 0.717) is 18.4 Å². The Morgan fingerprint density at radius 2 is 2.20 bits per heavy atom. The van der Waals surface area contributed by atoms with E-state index in [-0.39, 0.29) is 5.78 Å². The van der Waals surface area contributed by atoms with Gasteiger partial charge in [-0.25, -0.2) is 4.68 Å². The zero-order valence-corrected chi connectivity index (χ0v) is 12.0. The second kappa shape index (κ2) is 5.54. The Kier molecular flexibility index (Phi) is 3.99. The third kappa shape index (κ3) is 3.30. The Balaban J connectivity index is 2.25. The molecule has 0 aliphatic carbocycles. The highest BCUT2D eigenvalue weighted by atomic mass is 16.3. The summed E-state index contributed by atoms with van der Waals surface area (Å²) in [6, 6.07) is 7.22. The number of rotatable bonds is 5. The first kappa shape index (κ1) is 14.4. The molecule has 0 fully saturated rings. The van der Waals surface area contributed by atoms with Crippen LogP contribution in [0.25, 0.3) is 5.69 Å². The molecular formula is C15H19N3O2. The third-order valence-corrected chi connectivity index (χ3v) is 3.38. The van der Waals surface area contributed by atoms with Gasteiger partial charge in [0.25, 0.3) is 0 Å². The molecule has 0 aliphatic heterocycles. The SMILES string of the molecule is CC[C@](C)(O)Cc1cn(-c2cccc(C(C)=O)c2)nn1. The molecule has 0 bridgehead atoms. The lowest BCUT2D eigenvalue weighted by Crippen LogP contribution is -2.25. The predicted molar refractivity (Wildman–Crippen MR) is 76.0 cm³/mol. The van der Waals surface area contributed by atoms with E-state index in [2.05, 4.69) is 10.3 Å². The van der Waals surface area contributed by atoms with Crippen LogP contribution in [0.5, 0.6) is 0 Å². The van der Waals surface area contributed by atoms with Crippen LogP contribution in [0.3, 0.4) is 0 Å². The van der Waals surface area contributed by atoms with E-state index in [1.165, 1.54) is 6.92 Å². The number of nitrogens with zero attached hydrogens (tertiary/aromatic N) is 3. The number of aliphatic hydroxyl groups is 1. The molecular weight excluding hydrogens is 254 g/mol. The lowest BCUT2D eigenvalue weighted by Gasteiger charge is -2.18. The maximum absolute atomic E-state index is 11.4. The summed E-state index contributed by atoms with van der Waals surface area (Å²) in [4.78, 5) is 11.4. The summed E-state index contributed by atoms with van der Waals surface area (Å²) < 4.78 is 1.62. The van der Waals surface area contributed by atoms with Crippen molar-refractivity contribution < 1.29 is 9.90 Å². The number of hydrogen-bond donors (Lipinski definition) is 1. The van der Waals surface area contributed by atoms with Crippen molar-refractivity contribution in [1.82, 2.24) is 15.0 Å². The van der Waals surface area contributed by atoms with Gasteiger partial charge in [-0.1, -0.05) is 24.3 Å². The summed E-state index contributed by atoms with van der Waals surface area (Å²) in [7, 11) is 0. The number of carbonyl (C=O) groups is 1. The smallest absolute Gasteiger partial charge is 0.159 e. The van der Waals surface area contributed by atoms with Gasteiger partial charge in [0.05, 0.1) is 23.2 Å². The van der Waals surface area contributed by atoms with Gasteiger partial charge in [0.1, 0.15) is 0 Å². The quantitative estimate of drug-likeness (QED) is 0.848. The summed E-state index contributed by atoms with van der Waals surface area (Å²) in [5.41, 5.74) is 1.38. The van der Waals surface area contributed by atoms with Gasteiger partial charge in [-0.05, 0) is 32.4 Å². The minimum absolute atomic E-state index is 0.0149. The maximum Gasteiger partial charge on any atom is 0.159 e. The number of Topliss-reactive ketones (excluding diaryl/α,β-unsaturated/α-hetero) is 1. The fourth-order valence-corrected chi connectivity index (χ4v) is 1.89. The van der Waals surface area contributed by atoms with Crippen LogP contribution in [-0.2, 0) is 6.42 Å². The van der Waals surface area contributed by atoms with Crippen LogP contribution in [-0.4, -0.2) is 31.5 Å². The standard InChI is InChI=1S/C15H19N3O2/c1-4-15(3,20)9-13-10-18(17-16-13)14-7-5-6-12(8-14)11(2)19/h5-8,10,20H,4,9H2,1-3H3/t15-/m0/s1. The highest BCUT2D eigenvalue weighted by Crippen LogP contribution is 2.16. The van der Waals surface area contributed by atoms with Crippen molar-refractivity contribution in [2.24, 2.45) is 0 Å². The lowest BCUT2D eigenvalue weighted by atomic mass is 9.98. The first-order chi connectivity index (χ1) is 9.41. The van der Waals surface area contributed by atoms with Crippen LogP contribution < -0.4 is 0 Å². The van der Waals surface area contributed by atoms with E-state index >= 15 is 0 Å². The second-order valence-electron chi connectivity index (χ2n) is 5.29. The molecule has 0 saturated heterocycles. The Bertz CT molecular complexity index is 617. The molecule has 0 saturated carbocycles. The van der Waals surface area contributed by atoms with E-state index in [0.717, 1.165) is 11.4 Å². The van der Waals surface area contributed by atoms with Gasteiger partial charge in [-0.2, -0.15) is 0 Å². The highest BCUT2D eigenvalue weighted by molar-refractivity contribution is 5.94. The van der Waals surface area contributed by atoms with Crippen LogP contribution in [0.4, 0.5) is 0 Å². The molecule has 0 amide bonds. The Labute approximate surface area is 118 Å². The maximum atomic E-state index is 11.4. The fraction of sp³-hybridized carbons (Fsp3) is 0.400. The molecule has 5 nitrogen and oxygen atoms in total. The molecule has 2 rings (SSSR count). The molecule has 0 spiro atoms. The normalized spacial score (nSPS) is 14.0. The van der Waals surface area contributed by atoms with Gasteiger partial charge >= 0.3 is 0 Å². The monoisotopic (exact) mass is 273 g/mol. The molecule has 20 heavy (non-hydrogen) atoms. The van der Waals surface area contributed by atoms with Gasteiger partial charge in [0.2, 0.25) is 0 Å². The van der Waals surface area contributed by atoms with Crippen molar-refractivity contribution in [3.05, 3.63) is 41.7 Å². The number of aromatic nitrogens is 3. The molecule has 2 aromatic rings.